The number of nitrogens with one attached hydrogen (secondary N) is 2. The number of aromatic amines is 1. The first-order valence-corrected chi connectivity index (χ1v) is 7.74. The standard InChI is InChI=1S/C16H20N4O3/c1-19-8-6-11(7-9-19)17-14(21)10-20-16(23)13-5-3-2-4-12(13)15(22)18-20/h2-5,11H,6-10H2,1H3,(H,17,21)(H,18,22). The molecule has 7 heteroatoms. The third-order valence-corrected chi connectivity index (χ3v) is 4.27. The molecule has 0 bridgehead atoms. The summed E-state index contributed by atoms with van der Waals surface area (Å²) in [5.41, 5.74) is -0.731. The lowest BCUT2D eigenvalue weighted by Gasteiger charge is -2.29. The van der Waals surface area contributed by atoms with E-state index in [-0.39, 0.29) is 29.6 Å². The van der Waals surface area contributed by atoms with E-state index in [1.807, 2.05) is 0 Å². The Kier molecular flexibility index (Phi) is 4.29. The molecule has 0 aliphatic carbocycles. The van der Waals surface area contributed by atoms with Gasteiger partial charge in [-0.15, -0.1) is 0 Å². The second kappa shape index (κ2) is 6.37. The molecule has 1 saturated heterocycles. The molecule has 2 N–H and O–H groups in total. The maximum absolute atomic E-state index is 12.4. The van der Waals surface area contributed by atoms with Crippen molar-refractivity contribution >= 4 is 16.7 Å². The van der Waals surface area contributed by atoms with Gasteiger partial charge in [-0.05, 0) is 45.1 Å². The minimum absolute atomic E-state index is 0.126. The zero-order chi connectivity index (χ0) is 16.4. The Hall–Kier alpha value is -2.41. The van der Waals surface area contributed by atoms with E-state index in [1.165, 1.54) is 0 Å². The quantitative estimate of drug-likeness (QED) is 0.828. The molecule has 0 saturated carbocycles. The summed E-state index contributed by atoms with van der Waals surface area (Å²) in [6.45, 7) is 1.71. The van der Waals surface area contributed by atoms with Crippen molar-refractivity contribution in [3.05, 3.63) is 45.0 Å². The number of nitrogens with zero attached hydrogens (tertiary/aromatic N) is 2. The Bertz CT molecular complexity index is 831. The molecule has 0 atom stereocenters. The van der Waals surface area contributed by atoms with Crippen LogP contribution in [-0.2, 0) is 11.3 Å². The monoisotopic (exact) mass is 316 g/mol. The maximum Gasteiger partial charge on any atom is 0.273 e. The summed E-state index contributed by atoms with van der Waals surface area (Å²) in [5, 5.41) is 6.07. The Morgan fingerprint density at radius 2 is 1.87 bits per heavy atom. The van der Waals surface area contributed by atoms with E-state index in [0.29, 0.717) is 10.8 Å². The number of benzene rings is 1. The zero-order valence-corrected chi connectivity index (χ0v) is 13.0. The van der Waals surface area contributed by atoms with Gasteiger partial charge in [0.05, 0.1) is 10.8 Å². The Morgan fingerprint density at radius 3 is 2.57 bits per heavy atom. The molecule has 1 amide bonds. The molecule has 2 heterocycles. The highest BCUT2D eigenvalue weighted by Crippen LogP contribution is 2.08. The summed E-state index contributed by atoms with van der Waals surface area (Å²) in [6.07, 6.45) is 1.79. The van der Waals surface area contributed by atoms with Gasteiger partial charge in [-0.2, -0.15) is 0 Å². The average molecular weight is 316 g/mol. The fourth-order valence-corrected chi connectivity index (χ4v) is 2.93. The van der Waals surface area contributed by atoms with Gasteiger partial charge in [0.1, 0.15) is 6.54 Å². The highest BCUT2D eigenvalue weighted by Gasteiger charge is 2.19. The van der Waals surface area contributed by atoms with Crippen LogP contribution in [0.3, 0.4) is 0 Å². The van der Waals surface area contributed by atoms with Crippen LogP contribution in [0.4, 0.5) is 0 Å². The van der Waals surface area contributed by atoms with E-state index in [1.54, 1.807) is 24.3 Å². The van der Waals surface area contributed by atoms with Crippen molar-refractivity contribution < 1.29 is 4.79 Å². The fraction of sp³-hybridized carbons (Fsp3) is 0.438. The summed E-state index contributed by atoms with van der Waals surface area (Å²) in [4.78, 5) is 38.7. The van der Waals surface area contributed by atoms with Crippen LogP contribution >= 0.6 is 0 Å². The maximum atomic E-state index is 12.4. The smallest absolute Gasteiger partial charge is 0.273 e. The molecule has 1 aromatic heterocycles. The van der Waals surface area contributed by atoms with Crippen LogP contribution in [0.5, 0.6) is 0 Å². The molecule has 122 valence electrons. The lowest BCUT2D eigenvalue weighted by atomic mass is 10.1. The molecule has 0 radical (unpaired) electrons. The second-order valence-corrected chi connectivity index (χ2v) is 6.02. The molecular weight excluding hydrogens is 296 g/mol. The van der Waals surface area contributed by atoms with Crippen LogP contribution in [0.2, 0.25) is 0 Å². The Morgan fingerprint density at radius 1 is 1.22 bits per heavy atom. The zero-order valence-electron chi connectivity index (χ0n) is 13.0. The predicted octanol–water partition coefficient (Wildman–Crippen LogP) is -0.0998. The molecular formula is C16H20N4O3. The largest absolute Gasteiger partial charge is 0.352 e. The average Bonchev–Trinajstić information content (AvgIpc) is 2.54. The van der Waals surface area contributed by atoms with Crippen LogP contribution in [0.1, 0.15) is 12.8 Å². The van der Waals surface area contributed by atoms with E-state index >= 15 is 0 Å². The second-order valence-electron chi connectivity index (χ2n) is 6.02. The topological polar surface area (TPSA) is 87.2 Å². The summed E-state index contributed by atoms with van der Waals surface area (Å²) >= 11 is 0. The van der Waals surface area contributed by atoms with Gasteiger partial charge in [0.15, 0.2) is 0 Å². The van der Waals surface area contributed by atoms with Gasteiger partial charge in [0.2, 0.25) is 5.91 Å². The van der Waals surface area contributed by atoms with Crippen molar-refractivity contribution in [2.45, 2.75) is 25.4 Å². The van der Waals surface area contributed by atoms with Crippen molar-refractivity contribution in [1.29, 1.82) is 0 Å². The molecule has 3 rings (SSSR count). The number of hydrogen-bond acceptors (Lipinski definition) is 4. The number of carbonyl (C=O) groups excluding carboxylic acids is 1. The molecule has 7 nitrogen and oxygen atoms in total. The van der Waals surface area contributed by atoms with Crippen molar-refractivity contribution in [3.8, 4) is 0 Å². The van der Waals surface area contributed by atoms with Gasteiger partial charge in [-0.3, -0.25) is 19.5 Å². The SMILES string of the molecule is CN1CCC(NC(=O)Cn2[nH]c(=O)c3ccccc3c2=O)CC1. The van der Waals surface area contributed by atoms with Crippen molar-refractivity contribution in [1.82, 2.24) is 20.0 Å². The van der Waals surface area contributed by atoms with Gasteiger partial charge in [-0.25, -0.2) is 4.68 Å². The van der Waals surface area contributed by atoms with Crippen LogP contribution < -0.4 is 16.4 Å². The molecule has 23 heavy (non-hydrogen) atoms. The number of hydrogen-bond donors (Lipinski definition) is 2. The normalized spacial score (nSPS) is 16.6. The molecule has 0 unspecified atom stereocenters. The molecule has 2 aromatic rings. The highest BCUT2D eigenvalue weighted by molar-refractivity contribution is 5.81. The number of piperidine rings is 1. The van der Waals surface area contributed by atoms with Crippen molar-refractivity contribution in [3.63, 3.8) is 0 Å². The number of likely N-dealkylation sites (tertiary alicyclic amines) is 1. The van der Waals surface area contributed by atoms with Crippen LogP contribution in [-0.4, -0.2) is 46.8 Å². The molecule has 1 aliphatic heterocycles. The number of carbonyl (C=O) groups is 1. The number of aromatic nitrogens is 2. The first-order valence-electron chi connectivity index (χ1n) is 7.74. The number of fused-ring (bicyclic) bond motifs is 1. The first-order chi connectivity index (χ1) is 11.0. The number of H-pyrrole nitrogens is 1. The van der Waals surface area contributed by atoms with E-state index in [0.717, 1.165) is 30.6 Å². The summed E-state index contributed by atoms with van der Waals surface area (Å²) < 4.78 is 1.08. The third kappa shape index (κ3) is 3.34. The number of rotatable bonds is 3. The van der Waals surface area contributed by atoms with Crippen molar-refractivity contribution in [2.24, 2.45) is 0 Å². The van der Waals surface area contributed by atoms with Crippen LogP contribution in [0.25, 0.3) is 10.8 Å². The molecule has 1 aromatic carbocycles. The Balaban J connectivity index is 1.76. The van der Waals surface area contributed by atoms with Gasteiger partial charge in [0.25, 0.3) is 11.1 Å². The molecule has 1 fully saturated rings. The highest BCUT2D eigenvalue weighted by atomic mass is 16.2. The number of amides is 1. The summed E-state index contributed by atoms with van der Waals surface area (Å²) in [5.74, 6) is -0.257. The van der Waals surface area contributed by atoms with Gasteiger partial charge in [0, 0.05) is 6.04 Å². The summed E-state index contributed by atoms with van der Waals surface area (Å²) in [6, 6.07) is 6.72. The molecule has 1 aliphatic rings. The fourth-order valence-electron chi connectivity index (χ4n) is 2.93. The minimum atomic E-state index is -0.368. The predicted molar refractivity (Wildman–Crippen MR) is 87.5 cm³/mol. The first kappa shape index (κ1) is 15.5. The summed E-state index contributed by atoms with van der Waals surface area (Å²) in [7, 11) is 2.05. The van der Waals surface area contributed by atoms with Gasteiger partial charge >= 0.3 is 0 Å². The van der Waals surface area contributed by atoms with Crippen LogP contribution in [0.15, 0.2) is 33.9 Å². The van der Waals surface area contributed by atoms with Gasteiger partial charge < -0.3 is 10.2 Å². The van der Waals surface area contributed by atoms with E-state index in [2.05, 4.69) is 22.4 Å². The van der Waals surface area contributed by atoms with E-state index in [4.69, 9.17) is 0 Å². The minimum Gasteiger partial charge on any atom is -0.352 e. The lowest BCUT2D eigenvalue weighted by molar-refractivity contribution is -0.122. The third-order valence-electron chi connectivity index (χ3n) is 4.27. The van der Waals surface area contributed by atoms with Crippen LogP contribution in [0, 0.1) is 0 Å². The van der Waals surface area contributed by atoms with E-state index < -0.39 is 0 Å². The van der Waals surface area contributed by atoms with Crippen molar-refractivity contribution in [2.75, 3.05) is 20.1 Å². The molecule has 0 spiro atoms. The lowest BCUT2D eigenvalue weighted by Crippen LogP contribution is -2.45. The van der Waals surface area contributed by atoms with Gasteiger partial charge in [-0.1, -0.05) is 12.1 Å². The van der Waals surface area contributed by atoms with E-state index in [9.17, 15) is 14.4 Å². The Labute approximate surface area is 132 Å².